The predicted octanol–water partition coefficient (Wildman–Crippen LogP) is 2.34. The van der Waals surface area contributed by atoms with Crippen molar-refractivity contribution < 1.29 is 4.79 Å². The van der Waals surface area contributed by atoms with Crippen molar-refractivity contribution in [3.05, 3.63) is 30.1 Å². The zero-order valence-electron chi connectivity index (χ0n) is 14.0. The molecule has 124 valence electrons. The number of hydrogen-bond donors (Lipinski definition) is 2. The largest absolute Gasteiger partial charge is 0.354 e. The molecule has 0 unspecified atom stereocenters. The van der Waals surface area contributed by atoms with E-state index in [4.69, 9.17) is 0 Å². The molecule has 3 heterocycles. The highest BCUT2D eigenvalue weighted by Crippen LogP contribution is 2.20. The lowest BCUT2D eigenvalue weighted by Crippen LogP contribution is -2.42. The molecule has 0 atom stereocenters. The molecule has 1 saturated heterocycles. The van der Waals surface area contributed by atoms with Crippen LogP contribution in [-0.2, 0) is 11.2 Å². The number of fused-ring (bicyclic) bond motifs is 1. The van der Waals surface area contributed by atoms with Gasteiger partial charge in [0.1, 0.15) is 5.65 Å². The Hall–Kier alpha value is -1.88. The molecule has 1 aliphatic rings. The highest BCUT2D eigenvalue weighted by molar-refractivity contribution is 5.79. The summed E-state index contributed by atoms with van der Waals surface area (Å²) in [7, 11) is 0. The maximum Gasteiger partial charge on any atom is 0.223 e. The summed E-state index contributed by atoms with van der Waals surface area (Å²) in [4.78, 5) is 22.1. The summed E-state index contributed by atoms with van der Waals surface area (Å²) in [6.07, 6.45) is 6.84. The van der Waals surface area contributed by atoms with E-state index in [9.17, 15) is 4.79 Å². The minimum Gasteiger partial charge on any atom is -0.354 e. The van der Waals surface area contributed by atoms with Gasteiger partial charge in [0.2, 0.25) is 5.91 Å². The van der Waals surface area contributed by atoms with E-state index in [0.29, 0.717) is 0 Å². The number of nitrogens with one attached hydrogen (secondary N) is 2. The molecule has 23 heavy (non-hydrogen) atoms. The molecule has 1 amide bonds. The third-order valence-electron chi connectivity index (χ3n) is 4.62. The predicted molar refractivity (Wildman–Crippen MR) is 92.2 cm³/mol. The van der Waals surface area contributed by atoms with Gasteiger partial charge in [-0.15, -0.1) is 0 Å². The van der Waals surface area contributed by atoms with Crippen molar-refractivity contribution in [2.24, 2.45) is 5.92 Å². The lowest BCUT2D eigenvalue weighted by Gasteiger charge is -2.31. The van der Waals surface area contributed by atoms with E-state index in [1.54, 1.807) is 0 Å². The fourth-order valence-electron chi connectivity index (χ4n) is 3.32. The molecular weight excluding hydrogens is 288 g/mol. The summed E-state index contributed by atoms with van der Waals surface area (Å²) in [5, 5.41) is 4.25. The molecule has 0 saturated carbocycles. The molecule has 5 nitrogen and oxygen atoms in total. The molecule has 0 aromatic carbocycles. The second-order valence-electron chi connectivity index (χ2n) is 6.74. The van der Waals surface area contributed by atoms with Crippen LogP contribution < -0.4 is 5.32 Å². The van der Waals surface area contributed by atoms with Crippen molar-refractivity contribution in [1.82, 2.24) is 20.2 Å². The first-order valence-corrected chi connectivity index (χ1v) is 8.57. The number of H-pyrrole nitrogens is 1. The van der Waals surface area contributed by atoms with Crippen LogP contribution in [0, 0.1) is 5.92 Å². The standard InChI is InChI=1S/C18H26N4O/c1-13(2)21-18(23)14-5-9-22(10-6-14)11-7-15-12-20-17-16(15)4-3-8-19-17/h3-4,8,12-14H,5-7,9-11H2,1-2H3,(H,19,20)(H,21,23). The molecule has 0 aliphatic carbocycles. The minimum absolute atomic E-state index is 0.186. The average molecular weight is 314 g/mol. The van der Waals surface area contributed by atoms with Crippen molar-refractivity contribution in [1.29, 1.82) is 0 Å². The first-order valence-electron chi connectivity index (χ1n) is 8.57. The average Bonchev–Trinajstić information content (AvgIpc) is 2.96. The summed E-state index contributed by atoms with van der Waals surface area (Å²) < 4.78 is 0. The summed E-state index contributed by atoms with van der Waals surface area (Å²) in [5.74, 6) is 0.410. The summed E-state index contributed by atoms with van der Waals surface area (Å²) >= 11 is 0. The fourth-order valence-corrected chi connectivity index (χ4v) is 3.32. The number of likely N-dealkylation sites (tertiary alicyclic amines) is 1. The van der Waals surface area contributed by atoms with E-state index in [-0.39, 0.29) is 17.9 Å². The summed E-state index contributed by atoms with van der Waals surface area (Å²) in [6, 6.07) is 4.34. The number of aromatic amines is 1. The van der Waals surface area contributed by atoms with Crippen LogP contribution in [0.4, 0.5) is 0 Å². The number of rotatable bonds is 5. The van der Waals surface area contributed by atoms with Gasteiger partial charge in [0.25, 0.3) is 0 Å². The van der Waals surface area contributed by atoms with Gasteiger partial charge in [-0.05, 0) is 63.9 Å². The normalized spacial score (nSPS) is 17.0. The van der Waals surface area contributed by atoms with Gasteiger partial charge in [-0.25, -0.2) is 4.98 Å². The van der Waals surface area contributed by atoms with Gasteiger partial charge >= 0.3 is 0 Å². The Morgan fingerprint density at radius 1 is 1.43 bits per heavy atom. The van der Waals surface area contributed by atoms with Gasteiger partial charge in [-0.3, -0.25) is 4.79 Å². The first-order chi connectivity index (χ1) is 11.1. The molecule has 0 spiro atoms. The quantitative estimate of drug-likeness (QED) is 0.890. The van der Waals surface area contributed by atoms with Gasteiger partial charge in [-0.1, -0.05) is 0 Å². The maximum atomic E-state index is 12.1. The topological polar surface area (TPSA) is 61.0 Å². The Morgan fingerprint density at radius 2 is 2.22 bits per heavy atom. The van der Waals surface area contributed by atoms with Crippen LogP contribution >= 0.6 is 0 Å². The second kappa shape index (κ2) is 7.13. The van der Waals surface area contributed by atoms with Gasteiger partial charge < -0.3 is 15.2 Å². The first kappa shape index (κ1) is 16.0. The SMILES string of the molecule is CC(C)NC(=O)C1CCN(CCc2c[nH]c3ncccc23)CC1. The Balaban J connectivity index is 1.49. The highest BCUT2D eigenvalue weighted by atomic mass is 16.1. The molecule has 1 fully saturated rings. The van der Waals surface area contributed by atoms with E-state index in [0.717, 1.165) is 44.5 Å². The van der Waals surface area contributed by atoms with E-state index < -0.39 is 0 Å². The molecule has 3 rings (SSSR count). The van der Waals surface area contributed by atoms with Gasteiger partial charge in [0, 0.05) is 36.3 Å². The molecule has 2 aromatic heterocycles. The smallest absolute Gasteiger partial charge is 0.223 e. The second-order valence-corrected chi connectivity index (χ2v) is 6.74. The van der Waals surface area contributed by atoms with Crippen molar-refractivity contribution in [2.75, 3.05) is 19.6 Å². The van der Waals surface area contributed by atoms with Gasteiger partial charge in [0.05, 0.1) is 0 Å². The van der Waals surface area contributed by atoms with E-state index >= 15 is 0 Å². The Morgan fingerprint density at radius 3 is 2.96 bits per heavy atom. The molecule has 2 aromatic rings. The van der Waals surface area contributed by atoms with Crippen LogP contribution in [0.2, 0.25) is 0 Å². The summed E-state index contributed by atoms with van der Waals surface area (Å²) in [6.45, 7) is 7.10. The molecular formula is C18H26N4O. The number of amides is 1. The van der Waals surface area contributed by atoms with Crippen LogP contribution in [0.25, 0.3) is 11.0 Å². The Labute approximate surface area is 137 Å². The lowest BCUT2D eigenvalue weighted by atomic mass is 9.95. The van der Waals surface area contributed by atoms with Crippen LogP contribution in [0.15, 0.2) is 24.5 Å². The third kappa shape index (κ3) is 3.91. The van der Waals surface area contributed by atoms with Crippen LogP contribution in [0.5, 0.6) is 0 Å². The zero-order valence-corrected chi connectivity index (χ0v) is 14.0. The number of aromatic nitrogens is 2. The number of piperidine rings is 1. The van der Waals surface area contributed by atoms with Gasteiger partial charge in [0.15, 0.2) is 0 Å². The third-order valence-corrected chi connectivity index (χ3v) is 4.62. The molecule has 2 N–H and O–H groups in total. The molecule has 1 aliphatic heterocycles. The van der Waals surface area contributed by atoms with Crippen LogP contribution in [-0.4, -0.2) is 46.5 Å². The number of nitrogens with zero attached hydrogens (tertiary/aromatic N) is 2. The molecule has 0 radical (unpaired) electrons. The Bertz CT molecular complexity index is 656. The van der Waals surface area contributed by atoms with Crippen molar-refractivity contribution in [2.45, 2.75) is 39.2 Å². The highest BCUT2D eigenvalue weighted by Gasteiger charge is 2.25. The molecule has 5 heteroatoms. The number of carbonyl (C=O) groups excluding carboxylic acids is 1. The van der Waals surface area contributed by atoms with Gasteiger partial charge in [-0.2, -0.15) is 0 Å². The van der Waals surface area contributed by atoms with Crippen molar-refractivity contribution >= 4 is 16.9 Å². The Kier molecular flexibility index (Phi) is 4.96. The summed E-state index contributed by atoms with van der Waals surface area (Å²) in [5.41, 5.74) is 2.29. The van der Waals surface area contributed by atoms with Crippen LogP contribution in [0.3, 0.4) is 0 Å². The lowest BCUT2D eigenvalue weighted by molar-refractivity contribution is -0.126. The maximum absolute atomic E-state index is 12.1. The number of hydrogen-bond acceptors (Lipinski definition) is 3. The number of pyridine rings is 1. The van der Waals surface area contributed by atoms with E-state index in [1.807, 2.05) is 26.1 Å². The van der Waals surface area contributed by atoms with Crippen molar-refractivity contribution in [3.63, 3.8) is 0 Å². The number of carbonyl (C=O) groups is 1. The monoisotopic (exact) mass is 314 g/mol. The van der Waals surface area contributed by atoms with Crippen LogP contribution in [0.1, 0.15) is 32.3 Å². The van der Waals surface area contributed by atoms with E-state index in [2.05, 4.69) is 32.4 Å². The minimum atomic E-state index is 0.186. The van der Waals surface area contributed by atoms with E-state index in [1.165, 1.54) is 10.9 Å². The molecule has 0 bridgehead atoms. The van der Waals surface area contributed by atoms with Crippen molar-refractivity contribution in [3.8, 4) is 0 Å². The zero-order chi connectivity index (χ0) is 16.2. The fraction of sp³-hybridized carbons (Fsp3) is 0.556.